The molecule has 0 N–H and O–H groups in total. The van der Waals surface area contributed by atoms with Gasteiger partial charge in [0.25, 0.3) is 21.6 Å². The lowest BCUT2D eigenvalue weighted by atomic mass is 9.81. The lowest BCUT2D eigenvalue weighted by Crippen LogP contribution is -2.48. The highest BCUT2D eigenvalue weighted by atomic mass is 32.2. The SMILES string of the molecule is COC(=O)[C@@H]1c2ccccc2C(=O)N(S(=O)(=O)c2ccccc2[N+](=O)[O-])[C@H]1c1ccc(C#N)cc1. The number of carbonyl (C=O) groups excluding carboxylic acids is 2. The van der Waals surface area contributed by atoms with Gasteiger partial charge in [-0.15, -0.1) is 0 Å². The number of ether oxygens (including phenoxy) is 1. The molecular weight excluding hydrogens is 474 g/mol. The van der Waals surface area contributed by atoms with Gasteiger partial charge in [-0.05, 0) is 35.4 Å². The minimum atomic E-state index is -4.85. The number of esters is 1. The zero-order chi connectivity index (χ0) is 25.3. The Hall–Kier alpha value is -4.56. The van der Waals surface area contributed by atoms with Crippen LogP contribution >= 0.6 is 0 Å². The van der Waals surface area contributed by atoms with E-state index in [1.165, 1.54) is 54.6 Å². The van der Waals surface area contributed by atoms with Crippen LogP contribution in [0.25, 0.3) is 0 Å². The molecular formula is C24H17N3O7S. The van der Waals surface area contributed by atoms with Crippen molar-refractivity contribution in [2.45, 2.75) is 16.9 Å². The van der Waals surface area contributed by atoms with E-state index in [4.69, 9.17) is 10.00 Å². The van der Waals surface area contributed by atoms with E-state index >= 15 is 0 Å². The Morgan fingerprint density at radius 3 is 2.31 bits per heavy atom. The summed E-state index contributed by atoms with van der Waals surface area (Å²) in [5.74, 6) is -3.02. The summed E-state index contributed by atoms with van der Waals surface area (Å²) >= 11 is 0. The molecule has 1 aliphatic heterocycles. The Balaban J connectivity index is 2.05. The summed E-state index contributed by atoms with van der Waals surface area (Å²) < 4.78 is 33.3. The summed E-state index contributed by atoms with van der Waals surface area (Å²) in [5, 5.41) is 20.8. The molecule has 0 unspecified atom stereocenters. The Morgan fingerprint density at radius 2 is 1.69 bits per heavy atom. The number of nitro benzene ring substituents is 1. The molecule has 2 atom stereocenters. The van der Waals surface area contributed by atoms with Crippen molar-refractivity contribution in [3.05, 3.63) is 105 Å². The Kier molecular flexibility index (Phi) is 6.07. The van der Waals surface area contributed by atoms with Crippen LogP contribution in [-0.4, -0.2) is 36.6 Å². The first-order valence-electron chi connectivity index (χ1n) is 10.2. The molecule has 35 heavy (non-hydrogen) atoms. The van der Waals surface area contributed by atoms with Crippen LogP contribution < -0.4 is 0 Å². The van der Waals surface area contributed by atoms with Crippen molar-refractivity contribution in [3.63, 3.8) is 0 Å². The number of benzene rings is 3. The quantitative estimate of drug-likeness (QED) is 0.300. The predicted molar refractivity (Wildman–Crippen MR) is 122 cm³/mol. The third-order valence-electron chi connectivity index (χ3n) is 5.73. The number of sulfonamides is 1. The third kappa shape index (κ3) is 3.89. The second-order valence-electron chi connectivity index (χ2n) is 7.60. The van der Waals surface area contributed by atoms with E-state index < -0.39 is 49.4 Å². The summed E-state index contributed by atoms with van der Waals surface area (Å²) in [6.45, 7) is 0. The number of methoxy groups -OCH3 is 1. The van der Waals surface area contributed by atoms with Gasteiger partial charge in [-0.25, -0.2) is 12.7 Å². The molecule has 0 radical (unpaired) electrons. The van der Waals surface area contributed by atoms with E-state index in [0.717, 1.165) is 19.2 Å². The van der Waals surface area contributed by atoms with Gasteiger partial charge in [0.05, 0.1) is 29.7 Å². The molecule has 0 fully saturated rings. The first-order valence-corrected chi connectivity index (χ1v) is 11.7. The van der Waals surface area contributed by atoms with Crippen molar-refractivity contribution < 1.29 is 27.7 Å². The zero-order valence-electron chi connectivity index (χ0n) is 18.2. The van der Waals surface area contributed by atoms with E-state index in [0.29, 0.717) is 4.31 Å². The first kappa shape index (κ1) is 23.6. The number of nitriles is 1. The smallest absolute Gasteiger partial charge is 0.315 e. The fourth-order valence-corrected chi connectivity index (χ4v) is 5.90. The maximum Gasteiger partial charge on any atom is 0.315 e. The highest BCUT2D eigenvalue weighted by Gasteiger charge is 2.51. The highest BCUT2D eigenvalue weighted by molar-refractivity contribution is 7.89. The van der Waals surface area contributed by atoms with Gasteiger partial charge < -0.3 is 4.74 Å². The van der Waals surface area contributed by atoms with E-state index in [2.05, 4.69) is 0 Å². The van der Waals surface area contributed by atoms with Gasteiger partial charge >= 0.3 is 5.97 Å². The molecule has 0 saturated heterocycles. The van der Waals surface area contributed by atoms with Crippen LogP contribution in [-0.2, 0) is 19.6 Å². The van der Waals surface area contributed by atoms with E-state index in [9.17, 15) is 28.1 Å². The average Bonchev–Trinajstić information content (AvgIpc) is 2.88. The number of carbonyl (C=O) groups is 2. The summed E-state index contributed by atoms with van der Waals surface area (Å²) in [6.07, 6.45) is 0. The Labute approximate surface area is 200 Å². The van der Waals surface area contributed by atoms with Gasteiger partial charge in [0, 0.05) is 11.6 Å². The van der Waals surface area contributed by atoms with Crippen LogP contribution in [0.15, 0.2) is 77.7 Å². The summed E-state index contributed by atoms with van der Waals surface area (Å²) in [5.41, 5.74) is -0.00143. The number of rotatable bonds is 5. The van der Waals surface area contributed by atoms with Gasteiger partial charge in [-0.1, -0.05) is 42.5 Å². The molecule has 0 aliphatic carbocycles. The summed E-state index contributed by atoms with van der Waals surface area (Å²) in [6, 6.07) is 16.9. The molecule has 1 aliphatic rings. The van der Waals surface area contributed by atoms with Crippen molar-refractivity contribution in [1.82, 2.24) is 4.31 Å². The molecule has 1 amide bonds. The highest BCUT2D eigenvalue weighted by Crippen LogP contribution is 2.46. The number of amides is 1. The first-order chi connectivity index (χ1) is 16.7. The monoisotopic (exact) mass is 491 g/mol. The normalized spacial score (nSPS) is 17.3. The molecule has 3 aromatic carbocycles. The predicted octanol–water partition coefficient (Wildman–Crippen LogP) is 3.31. The maximum atomic E-state index is 13.9. The Morgan fingerprint density at radius 1 is 1.06 bits per heavy atom. The number of para-hydroxylation sites is 1. The number of fused-ring (bicyclic) bond motifs is 1. The van der Waals surface area contributed by atoms with Crippen LogP contribution in [0.3, 0.4) is 0 Å². The molecule has 1 heterocycles. The molecule has 0 bridgehead atoms. The van der Waals surface area contributed by atoms with Crippen molar-refractivity contribution in [2.75, 3.05) is 7.11 Å². The van der Waals surface area contributed by atoms with Gasteiger partial charge in [-0.2, -0.15) is 5.26 Å². The third-order valence-corrected chi connectivity index (χ3v) is 7.54. The number of hydrogen-bond donors (Lipinski definition) is 0. The van der Waals surface area contributed by atoms with Gasteiger partial charge in [0.2, 0.25) is 0 Å². The fraction of sp³-hybridized carbons (Fsp3) is 0.125. The van der Waals surface area contributed by atoms with Gasteiger partial charge in [0.1, 0.15) is 5.92 Å². The Bertz CT molecular complexity index is 1490. The van der Waals surface area contributed by atoms with Crippen LogP contribution in [0.5, 0.6) is 0 Å². The molecule has 0 spiro atoms. The lowest BCUT2D eigenvalue weighted by Gasteiger charge is -2.40. The molecule has 0 saturated carbocycles. The number of nitrogens with zero attached hydrogens (tertiary/aromatic N) is 3. The van der Waals surface area contributed by atoms with Crippen molar-refractivity contribution in [3.8, 4) is 6.07 Å². The standard InChI is InChI=1S/C24H17N3O7S/c1-34-24(29)21-17-6-2-3-7-18(17)23(28)26(22(21)16-12-10-15(14-25)11-13-16)35(32,33)20-9-5-4-8-19(20)27(30)31/h2-13,21-22H,1H3/t21-,22+/m1/s1. The van der Waals surface area contributed by atoms with E-state index in [1.54, 1.807) is 6.07 Å². The van der Waals surface area contributed by atoms with Gasteiger partial charge in [-0.3, -0.25) is 19.7 Å². The summed E-state index contributed by atoms with van der Waals surface area (Å²) in [4.78, 5) is 36.7. The number of nitro groups is 1. The second-order valence-corrected chi connectivity index (χ2v) is 9.38. The van der Waals surface area contributed by atoms with Crippen molar-refractivity contribution >= 4 is 27.6 Å². The van der Waals surface area contributed by atoms with E-state index in [-0.39, 0.29) is 22.3 Å². The molecule has 0 aromatic heterocycles. The molecule has 4 rings (SSSR count). The second kappa shape index (κ2) is 9.00. The summed E-state index contributed by atoms with van der Waals surface area (Å²) in [7, 11) is -3.71. The fourth-order valence-electron chi connectivity index (χ4n) is 4.17. The molecule has 10 nitrogen and oxygen atoms in total. The maximum absolute atomic E-state index is 13.9. The number of hydrogen-bond acceptors (Lipinski definition) is 8. The molecule has 3 aromatic rings. The van der Waals surface area contributed by atoms with Gasteiger partial charge in [0.15, 0.2) is 4.90 Å². The minimum Gasteiger partial charge on any atom is -0.468 e. The largest absolute Gasteiger partial charge is 0.468 e. The van der Waals surface area contributed by atoms with Crippen LogP contribution in [0.1, 0.15) is 39.0 Å². The molecule has 11 heteroatoms. The van der Waals surface area contributed by atoms with E-state index in [1.807, 2.05) is 6.07 Å². The lowest BCUT2D eigenvalue weighted by molar-refractivity contribution is -0.387. The zero-order valence-corrected chi connectivity index (χ0v) is 19.0. The van der Waals surface area contributed by atoms with Crippen molar-refractivity contribution in [1.29, 1.82) is 5.26 Å². The average molecular weight is 491 g/mol. The minimum absolute atomic E-state index is 0.0463. The topological polar surface area (TPSA) is 148 Å². The van der Waals surface area contributed by atoms with Crippen molar-refractivity contribution in [2.24, 2.45) is 0 Å². The van der Waals surface area contributed by atoms with Crippen LogP contribution in [0.2, 0.25) is 0 Å². The van der Waals surface area contributed by atoms with Crippen LogP contribution in [0, 0.1) is 21.4 Å². The molecule has 176 valence electrons. The van der Waals surface area contributed by atoms with Crippen LogP contribution in [0.4, 0.5) is 5.69 Å².